The summed E-state index contributed by atoms with van der Waals surface area (Å²) in [5, 5.41) is 3.54. The highest BCUT2D eigenvalue weighted by molar-refractivity contribution is 5.47. The molecule has 0 saturated carbocycles. The third-order valence-electron chi connectivity index (χ3n) is 4.05. The second-order valence-corrected chi connectivity index (χ2v) is 5.66. The lowest BCUT2D eigenvalue weighted by Gasteiger charge is -2.22. The zero-order valence-electron chi connectivity index (χ0n) is 13.4. The second-order valence-electron chi connectivity index (χ2n) is 5.66. The van der Waals surface area contributed by atoms with Crippen LogP contribution in [-0.2, 0) is 6.42 Å². The molecule has 1 heterocycles. The van der Waals surface area contributed by atoms with E-state index in [9.17, 15) is 0 Å². The Kier molecular flexibility index (Phi) is 4.97. The first-order chi connectivity index (χ1) is 10.0. The van der Waals surface area contributed by atoms with Crippen LogP contribution in [0, 0.1) is 20.8 Å². The lowest BCUT2D eigenvalue weighted by Crippen LogP contribution is -2.25. The van der Waals surface area contributed by atoms with Crippen molar-refractivity contribution >= 4 is 5.82 Å². The summed E-state index contributed by atoms with van der Waals surface area (Å²) in [5.74, 6) is 0.629. The van der Waals surface area contributed by atoms with Crippen LogP contribution in [0.4, 0.5) is 5.82 Å². The predicted octanol–water partition coefficient (Wildman–Crippen LogP) is 3.48. The van der Waals surface area contributed by atoms with E-state index in [1.54, 1.807) is 6.20 Å². The minimum Gasteiger partial charge on any atom is -0.383 e. The van der Waals surface area contributed by atoms with Gasteiger partial charge in [-0.25, -0.2) is 4.98 Å². The highest BCUT2D eigenvalue weighted by atomic mass is 14.9. The van der Waals surface area contributed by atoms with E-state index in [2.05, 4.69) is 56.2 Å². The minimum atomic E-state index is 0.200. The number of anilines is 1. The van der Waals surface area contributed by atoms with Crippen molar-refractivity contribution in [3.8, 4) is 0 Å². The average Bonchev–Trinajstić information content (AvgIpc) is 2.43. The fourth-order valence-electron chi connectivity index (χ4n) is 2.73. The van der Waals surface area contributed by atoms with Crippen LogP contribution in [0.2, 0.25) is 0 Å². The number of pyridine rings is 1. The average molecular weight is 283 g/mol. The number of nitrogen functional groups attached to an aromatic ring is 1. The monoisotopic (exact) mass is 283 g/mol. The molecule has 0 bridgehead atoms. The number of nitrogens with one attached hydrogen (secondary N) is 1. The lowest BCUT2D eigenvalue weighted by molar-refractivity contribution is 0.547. The summed E-state index contributed by atoms with van der Waals surface area (Å²) < 4.78 is 0. The number of likely N-dealkylation sites (N-methyl/N-ethyl adjacent to an activating group) is 1. The number of hydrogen-bond acceptors (Lipinski definition) is 3. The van der Waals surface area contributed by atoms with Crippen molar-refractivity contribution in [1.82, 2.24) is 10.3 Å². The van der Waals surface area contributed by atoms with Gasteiger partial charge in [0.25, 0.3) is 0 Å². The Balaban J connectivity index is 2.33. The van der Waals surface area contributed by atoms with E-state index in [0.717, 1.165) is 18.5 Å². The molecule has 112 valence electrons. The maximum Gasteiger partial charge on any atom is 0.128 e. The Bertz CT molecular complexity index is 600. The normalized spacial score (nSPS) is 12.4. The van der Waals surface area contributed by atoms with Crippen LogP contribution < -0.4 is 11.1 Å². The fourth-order valence-corrected chi connectivity index (χ4v) is 2.73. The van der Waals surface area contributed by atoms with E-state index < -0.39 is 0 Å². The lowest BCUT2D eigenvalue weighted by atomic mass is 9.94. The van der Waals surface area contributed by atoms with E-state index in [0.29, 0.717) is 5.82 Å². The molecule has 0 amide bonds. The van der Waals surface area contributed by atoms with E-state index in [1.807, 2.05) is 6.07 Å². The summed E-state index contributed by atoms with van der Waals surface area (Å²) in [6.07, 6.45) is 2.69. The molecule has 3 heteroatoms. The summed E-state index contributed by atoms with van der Waals surface area (Å²) in [5.41, 5.74) is 12.4. The number of nitrogens with zero attached hydrogens (tertiary/aromatic N) is 1. The molecule has 1 aromatic heterocycles. The van der Waals surface area contributed by atoms with Gasteiger partial charge in [0.05, 0.1) is 0 Å². The van der Waals surface area contributed by atoms with Crippen LogP contribution in [-0.4, -0.2) is 11.5 Å². The highest BCUT2D eigenvalue weighted by Crippen LogP contribution is 2.26. The zero-order chi connectivity index (χ0) is 15.4. The summed E-state index contributed by atoms with van der Waals surface area (Å²) in [6, 6.07) is 8.88. The highest BCUT2D eigenvalue weighted by Gasteiger charge is 2.17. The molecule has 0 radical (unpaired) electrons. The molecule has 0 aliphatic rings. The van der Waals surface area contributed by atoms with Gasteiger partial charge in [0.1, 0.15) is 5.82 Å². The third-order valence-corrected chi connectivity index (χ3v) is 4.05. The standard InChI is InChI=1S/C18H25N3/c1-5-20-16(17-13(3)8-9-21-18(17)19)11-15-7-6-12(2)14(4)10-15/h6-10,16,20H,5,11H2,1-4H3,(H2,19,21). The topological polar surface area (TPSA) is 50.9 Å². The van der Waals surface area contributed by atoms with Gasteiger partial charge in [0.15, 0.2) is 0 Å². The van der Waals surface area contributed by atoms with Crippen molar-refractivity contribution in [3.63, 3.8) is 0 Å². The molecule has 1 atom stereocenters. The Morgan fingerprint density at radius 2 is 1.86 bits per heavy atom. The maximum absolute atomic E-state index is 6.11. The smallest absolute Gasteiger partial charge is 0.128 e. The number of hydrogen-bond donors (Lipinski definition) is 2. The molecule has 1 unspecified atom stereocenters. The van der Waals surface area contributed by atoms with Crippen LogP contribution in [0.3, 0.4) is 0 Å². The second kappa shape index (κ2) is 6.72. The summed E-state index contributed by atoms with van der Waals surface area (Å²) in [7, 11) is 0. The molecule has 0 saturated heterocycles. The summed E-state index contributed by atoms with van der Waals surface area (Å²) in [4.78, 5) is 4.25. The van der Waals surface area contributed by atoms with Crippen molar-refractivity contribution in [2.24, 2.45) is 0 Å². The van der Waals surface area contributed by atoms with Gasteiger partial charge < -0.3 is 11.1 Å². The molecular weight excluding hydrogens is 258 g/mol. The van der Waals surface area contributed by atoms with Crippen LogP contribution >= 0.6 is 0 Å². The van der Waals surface area contributed by atoms with Gasteiger partial charge in [0, 0.05) is 17.8 Å². The maximum atomic E-state index is 6.11. The SMILES string of the molecule is CCNC(Cc1ccc(C)c(C)c1)c1c(C)ccnc1N. The third kappa shape index (κ3) is 3.61. The first-order valence-electron chi connectivity index (χ1n) is 7.53. The van der Waals surface area contributed by atoms with Gasteiger partial charge in [-0.15, -0.1) is 0 Å². The molecule has 2 aromatic rings. The van der Waals surface area contributed by atoms with Crippen molar-refractivity contribution in [2.75, 3.05) is 12.3 Å². The first-order valence-corrected chi connectivity index (χ1v) is 7.53. The largest absolute Gasteiger partial charge is 0.383 e. The Hall–Kier alpha value is -1.87. The Labute approximate surface area is 127 Å². The van der Waals surface area contributed by atoms with E-state index in [4.69, 9.17) is 5.73 Å². The van der Waals surface area contributed by atoms with Crippen LogP contribution in [0.5, 0.6) is 0 Å². The molecule has 1 aromatic carbocycles. The minimum absolute atomic E-state index is 0.200. The predicted molar refractivity (Wildman–Crippen MR) is 89.4 cm³/mol. The van der Waals surface area contributed by atoms with Crippen molar-refractivity contribution < 1.29 is 0 Å². The molecule has 0 aliphatic heterocycles. The molecule has 0 spiro atoms. The van der Waals surface area contributed by atoms with E-state index in [-0.39, 0.29) is 6.04 Å². The van der Waals surface area contributed by atoms with Gasteiger partial charge >= 0.3 is 0 Å². The molecule has 2 rings (SSSR count). The summed E-state index contributed by atoms with van der Waals surface area (Å²) >= 11 is 0. The number of nitrogens with two attached hydrogens (primary N) is 1. The quantitative estimate of drug-likeness (QED) is 0.883. The molecule has 21 heavy (non-hydrogen) atoms. The van der Waals surface area contributed by atoms with E-state index >= 15 is 0 Å². The van der Waals surface area contributed by atoms with Crippen LogP contribution in [0.1, 0.15) is 40.8 Å². The van der Waals surface area contributed by atoms with Crippen LogP contribution in [0.15, 0.2) is 30.5 Å². The first kappa shape index (κ1) is 15.5. The fraction of sp³-hybridized carbons (Fsp3) is 0.389. The van der Waals surface area contributed by atoms with Crippen molar-refractivity contribution in [2.45, 2.75) is 40.2 Å². The van der Waals surface area contributed by atoms with E-state index in [1.165, 1.54) is 22.3 Å². The van der Waals surface area contributed by atoms with Gasteiger partial charge in [-0.1, -0.05) is 25.1 Å². The van der Waals surface area contributed by atoms with Crippen LogP contribution in [0.25, 0.3) is 0 Å². The number of rotatable bonds is 5. The molecule has 3 nitrogen and oxygen atoms in total. The molecule has 0 aliphatic carbocycles. The van der Waals surface area contributed by atoms with Gasteiger partial charge in [0.2, 0.25) is 0 Å². The van der Waals surface area contributed by atoms with Crippen molar-refractivity contribution in [1.29, 1.82) is 0 Å². The summed E-state index contributed by atoms with van der Waals surface area (Å²) in [6.45, 7) is 9.42. The Morgan fingerprint density at radius 1 is 1.10 bits per heavy atom. The Morgan fingerprint density at radius 3 is 2.48 bits per heavy atom. The van der Waals surface area contributed by atoms with Gasteiger partial charge in [-0.3, -0.25) is 0 Å². The number of aromatic nitrogens is 1. The van der Waals surface area contributed by atoms with Gasteiger partial charge in [-0.05, 0) is 62.1 Å². The molecule has 3 N–H and O–H groups in total. The molecule has 0 fully saturated rings. The van der Waals surface area contributed by atoms with Crippen molar-refractivity contribution in [3.05, 3.63) is 58.3 Å². The number of benzene rings is 1. The van der Waals surface area contributed by atoms with Gasteiger partial charge in [-0.2, -0.15) is 0 Å². The zero-order valence-corrected chi connectivity index (χ0v) is 13.4. The number of aryl methyl sites for hydroxylation is 3. The molecular formula is C18H25N3.